The first-order valence-electron chi connectivity index (χ1n) is 8.47. The van der Waals surface area contributed by atoms with Crippen molar-refractivity contribution in [3.63, 3.8) is 0 Å². The van der Waals surface area contributed by atoms with Crippen molar-refractivity contribution >= 4 is 0 Å². The Kier molecular flexibility index (Phi) is 8.01. The minimum absolute atomic E-state index is 0.492. The van der Waals surface area contributed by atoms with Crippen LogP contribution in [0, 0.1) is 5.41 Å². The molecule has 114 valence electrons. The molecule has 0 aliphatic carbocycles. The van der Waals surface area contributed by atoms with Gasteiger partial charge in [-0.2, -0.15) is 0 Å². The summed E-state index contributed by atoms with van der Waals surface area (Å²) in [5.74, 6) is 0. The predicted molar refractivity (Wildman–Crippen MR) is 83.6 cm³/mol. The summed E-state index contributed by atoms with van der Waals surface area (Å²) in [5, 5.41) is 3.68. The molecular formula is C17H35NO. The molecule has 2 nitrogen and oxygen atoms in total. The first kappa shape index (κ1) is 17.0. The molecular weight excluding hydrogens is 234 g/mol. The number of ether oxygens (including phenoxy) is 1. The molecule has 0 aromatic carbocycles. The molecule has 1 fully saturated rings. The lowest BCUT2D eigenvalue weighted by Gasteiger charge is -2.35. The van der Waals surface area contributed by atoms with Crippen LogP contribution in [0.4, 0.5) is 0 Å². The second kappa shape index (κ2) is 8.97. The second-order valence-corrected chi connectivity index (χ2v) is 6.67. The van der Waals surface area contributed by atoms with Gasteiger partial charge in [0.05, 0.1) is 6.10 Å². The standard InChI is InChI=1S/C17H35NO/c1-5-7-11-17(6-2,14-18-15(3)4)12-10-16-9-8-13-19-16/h15-16,18H,5-14H2,1-4H3. The van der Waals surface area contributed by atoms with Gasteiger partial charge in [-0.05, 0) is 43.9 Å². The van der Waals surface area contributed by atoms with E-state index in [0.29, 0.717) is 17.6 Å². The van der Waals surface area contributed by atoms with Gasteiger partial charge in [0, 0.05) is 19.2 Å². The van der Waals surface area contributed by atoms with E-state index in [2.05, 4.69) is 33.0 Å². The Morgan fingerprint density at radius 2 is 2.05 bits per heavy atom. The lowest BCUT2D eigenvalue weighted by Crippen LogP contribution is -2.38. The van der Waals surface area contributed by atoms with E-state index in [1.165, 1.54) is 57.9 Å². The maximum Gasteiger partial charge on any atom is 0.0576 e. The summed E-state index contributed by atoms with van der Waals surface area (Å²) in [6.07, 6.45) is 11.0. The summed E-state index contributed by atoms with van der Waals surface area (Å²) in [5.41, 5.74) is 0.492. The Bertz CT molecular complexity index is 223. The molecule has 1 aliphatic rings. The molecule has 0 amide bonds. The van der Waals surface area contributed by atoms with Crippen LogP contribution >= 0.6 is 0 Å². The third-order valence-electron chi connectivity index (χ3n) is 4.72. The Morgan fingerprint density at radius 1 is 1.26 bits per heavy atom. The SMILES string of the molecule is CCCCC(CC)(CCC1CCCO1)CNC(C)C. The topological polar surface area (TPSA) is 21.3 Å². The molecule has 0 bridgehead atoms. The highest BCUT2D eigenvalue weighted by atomic mass is 16.5. The van der Waals surface area contributed by atoms with E-state index < -0.39 is 0 Å². The first-order chi connectivity index (χ1) is 9.12. The van der Waals surface area contributed by atoms with E-state index in [4.69, 9.17) is 4.74 Å². The van der Waals surface area contributed by atoms with Gasteiger partial charge in [0.2, 0.25) is 0 Å². The molecule has 2 atom stereocenters. The van der Waals surface area contributed by atoms with Crippen molar-refractivity contribution in [1.29, 1.82) is 0 Å². The van der Waals surface area contributed by atoms with Crippen molar-refractivity contribution in [3.8, 4) is 0 Å². The van der Waals surface area contributed by atoms with Crippen LogP contribution in [0.3, 0.4) is 0 Å². The quantitative estimate of drug-likeness (QED) is 0.629. The zero-order chi connectivity index (χ0) is 14.1. The van der Waals surface area contributed by atoms with Crippen molar-refractivity contribution in [2.24, 2.45) is 5.41 Å². The van der Waals surface area contributed by atoms with Gasteiger partial charge >= 0.3 is 0 Å². The van der Waals surface area contributed by atoms with Crippen molar-refractivity contribution < 1.29 is 4.74 Å². The van der Waals surface area contributed by atoms with Crippen molar-refractivity contribution in [3.05, 3.63) is 0 Å². The van der Waals surface area contributed by atoms with Crippen LogP contribution in [0.2, 0.25) is 0 Å². The smallest absolute Gasteiger partial charge is 0.0576 e. The number of rotatable bonds is 10. The lowest BCUT2D eigenvalue weighted by molar-refractivity contribution is 0.0824. The Morgan fingerprint density at radius 3 is 2.58 bits per heavy atom. The third kappa shape index (κ3) is 6.27. The molecule has 2 heteroatoms. The molecule has 1 saturated heterocycles. The normalized spacial score (nSPS) is 22.9. The Balaban J connectivity index is 2.48. The van der Waals surface area contributed by atoms with Crippen LogP contribution in [0.1, 0.15) is 79.1 Å². The molecule has 19 heavy (non-hydrogen) atoms. The Labute approximate surface area is 120 Å². The van der Waals surface area contributed by atoms with E-state index >= 15 is 0 Å². The summed E-state index contributed by atoms with van der Waals surface area (Å²) in [6, 6.07) is 0.593. The monoisotopic (exact) mass is 269 g/mol. The highest BCUT2D eigenvalue weighted by molar-refractivity contribution is 4.83. The van der Waals surface area contributed by atoms with E-state index in [9.17, 15) is 0 Å². The number of hydrogen-bond donors (Lipinski definition) is 1. The number of nitrogens with one attached hydrogen (secondary N) is 1. The predicted octanol–water partition coefficient (Wildman–Crippen LogP) is 4.53. The van der Waals surface area contributed by atoms with E-state index in [-0.39, 0.29) is 0 Å². The third-order valence-corrected chi connectivity index (χ3v) is 4.72. The van der Waals surface area contributed by atoms with Gasteiger partial charge in [-0.25, -0.2) is 0 Å². The summed E-state index contributed by atoms with van der Waals surface area (Å²) in [6.45, 7) is 11.3. The molecule has 1 rings (SSSR count). The van der Waals surface area contributed by atoms with Crippen LogP contribution in [0.15, 0.2) is 0 Å². The fraction of sp³-hybridized carbons (Fsp3) is 1.00. The van der Waals surface area contributed by atoms with Gasteiger partial charge in [0.25, 0.3) is 0 Å². The van der Waals surface area contributed by atoms with Crippen LogP contribution in [0.25, 0.3) is 0 Å². The highest BCUT2D eigenvalue weighted by Crippen LogP contribution is 2.35. The summed E-state index contributed by atoms with van der Waals surface area (Å²) in [4.78, 5) is 0. The number of hydrogen-bond acceptors (Lipinski definition) is 2. The van der Waals surface area contributed by atoms with Crippen LogP contribution in [-0.4, -0.2) is 25.3 Å². The van der Waals surface area contributed by atoms with Crippen molar-refractivity contribution in [1.82, 2.24) is 5.32 Å². The zero-order valence-electron chi connectivity index (χ0n) is 13.6. The van der Waals surface area contributed by atoms with Crippen LogP contribution < -0.4 is 5.32 Å². The molecule has 0 spiro atoms. The molecule has 0 aromatic rings. The van der Waals surface area contributed by atoms with Gasteiger partial charge in [0.1, 0.15) is 0 Å². The van der Waals surface area contributed by atoms with Crippen molar-refractivity contribution in [2.45, 2.75) is 91.2 Å². The maximum absolute atomic E-state index is 5.80. The van der Waals surface area contributed by atoms with Gasteiger partial charge < -0.3 is 10.1 Å². The van der Waals surface area contributed by atoms with E-state index in [0.717, 1.165) is 6.61 Å². The molecule has 1 heterocycles. The molecule has 2 unspecified atom stereocenters. The van der Waals surface area contributed by atoms with Gasteiger partial charge in [0.15, 0.2) is 0 Å². The molecule has 1 N–H and O–H groups in total. The molecule has 0 saturated carbocycles. The maximum atomic E-state index is 5.80. The Hall–Kier alpha value is -0.0800. The minimum Gasteiger partial charge on any atom is -0.378 e. The van der Waals surface area contributed by atoms with Gasteiger partial charge in [-0.3, -0.25) is 0 Å². The van der Waals surface area contributed by atoms with Crippen molar-refractivity contribution in [2.75, 3.05) is 13.2 Å². The second-order valence-electron chi connectivity index (χ2n) is 6.67. The largest absolute Gasteiger partial charge is 0.378 e. The first-order valence-corrected chi connectivity index (χ1v) is 8.47. The van der Waals surface area contributed by atoms with E-state index in [1.54, 1.807) is 0 Å². The van der Waals surface area contributed by atoms with Gasteiger partial charge in [-0.15, -0.1) is 0 Å². The fourth-order valence-electron chi connectivity index (χ4n) is 3.09. The molecule has 0 radical (unpaired) electrons. The average Bonchev–Trinajstić information content (AvgIpc) is 2.92. The minimum atomic E-state index is 0.492. The number of unbranched alkanes of at least 4 members (excludes halogenated alkanes) is 1. The highest BCUT2D eigenvalue weighted by Gasteiger charge is 2.29. The zero-order valence-corrected chi connectivity index (χ0v) is 13.6. The molecule has 0 aromatic heterocycles. The molecule has 1 aliphatic heterocycles. The average molecular weight is 269 g/mol. The summed E-state index contributed by atoms with van der Waals surface area (Å²) >= 11 is 0. The van der Waals surface area contributed by atoms with Gasteiger partial charge in [-0.1, -0.05) is 40.5 Å². The summed E-state index contributed by atoms with van der Waals surface area (Å²) in [7, 11) is 0. The van der Waals surface area contributed by atoms with E-state index in [1.807, 2.05) is 0 Å². The van der Waals surface area contributed by atoms with Crippen LogP contribution in [-0.2, 0) is 4.74 Å². The fourth-order valence-corrected chi connectivity index (χ4v) is 3.09. The lowest BCUT2D eigenvalue weighted by atomic mass is 9.75. The summed E-state index contributed by atoms with van der Waals surface area (Å²) < 4.78 is 5.80. The van der Waals surface area contributed by atoms with Crippen LogP contribution in [0.5, 0.6) is 0 Å².